The number of alkyl carbamates (subject to hydrolysis) is 1. The van der Waals surface area contributed by atoms with E-state index in [1.54, 1.807) is 45.0 Å². The monoisotopic (exact) mass is 505 g/mol. The summed E-state index contributed by atoms with van der Waals surface area (Å²) < 4.78 is 15.7. The number of rotatable bonds is 10. The second-order valence-corrected chi connectivity index (χ2v) is 9.49. The number of Topliss-reactive ketones (excluding diaryl/α,β-unsaturated/α-hetero) is 1. The third kappa shape index (κ3) is 9.07. The molecule has 3 rings (SSSR count). The van der Waals surface area contributed by atoms with Gasteiger partial charge in [0.05, 0.1) is 12.8 Å². The van der Waals surface area contributed by atoms with Crippen LogP contribution in [0.2, 0.25) is 0 Å². The Balaban J connectivity index is 1.60. The van der Waals surface area contributed by atoms with Crippen LogP contribution in [0.25, 0.3) is 10.8 Å². The molecule has 0 bridgehead atoms. The largest absolute Gasteiger partial charge is 0.460 e. The average Bonchev–Trinajstić information content (AvgIpc) is 2.85. The molecule has 0 radical (unpaired) electrons. The van der Waals surface area contributed by atoms with Gasteiger partial charge >= 0.3 is 18.0 Å². The van der Waals surface area contributed by atoms with Crippen molar-refractivity contribution in [2.45, 2.75) is 51.9 Å². The van der Waals surface area contributed by atoms with Gasteiger partial charge in [-0.2, -0.15) is 0 Å². The number of ether oxygens (including phenoxy) is 3. The van der Waals surface area contributed by atoms with Crippen molar-refractivity contribution < 1.29 is 33.4 Å². The van der Waals surface area contributed by atoms with Gasteiger partial charge in [0.2, 0.25) is 0 Å². The molecule has 1 N–H and O–H groups in total. The molecule has 1 atom stereocenters. The zero-order valence-corrected chi connectivity index (χ0v) is 21.2. The summed E-state index contributed by atoms with van der Waals surface area (Å²) in [5.74, 6) is -1.95. The SMILES string of the molecule is CC(C)(C)OC(=O)CC(NC(=O)OCc1ccccc1)C(=O)COC(=O)Cc1cccc2ccccc12. The lowest BCUT2D eigenvalue weighted by Crippen LogP contribution is -2.45. The maximum Gasteiger partial charge on any atom is 0.408 e. The molecule has 1 amide bonds. The van der Waals surface area contributed by atoms with Gasteiger partial charge in [-0.1, -0.05) is 72.8 Å². The summed E-state index contributed by atoms with van der Waals surface area (Å²) in [5.41, 5.74) is 0.752. The maximum atomic E-state index is 12.9. The van der Waals surface area contributed by atoms with Gasteiger partial charge in [0.25, 0.3) is 0 Å². The van der Waals surface area contributed by atoms with Crippen LogP contribution in [0.3, 0.4) is 0 Å². The van der Waals surface area contributed by atoms with Crippen LogP contribution in [-0.4, -0.2) is 42.1 Å². The molecular formula is C29H31NO7. The molecular weight excluding hydrogens is 474 g/mol. The van der Waals surface area contributed by atoms with Gasteiger partial charge < -0.3 is 19.5 Å². The fraction of sp³-hybridized carbons (Fsp3) is 0.310. The number of benzene rings is 3. The Hall–Kier alpha value is -4.20. The summed E-state index contributed by atoms with van der Waals surface area (Å²) in [6, 6.07) is 21.0. The van der Waals surface area contributed by atoms with Gasteiger partial charge in [0.1, 0.15) is 18.2 Å². The van der Waals surface area contributed by atoms with Crippen molar-refractivity contribution >= 4 is 34.6 Å². The first-order valence-corrected chi connectivity index (χ1v) is 11.9. The Morgan fingerprint density at radius 2 is 1.49 bits per heavy atom. The van der Waals surface area contributed by atoms with Crippen LogP contribution in [0, 0.1) is 0 Å². The van der Waals surface area contributed by atoms with Crippen molar-refractivity contribution in [3.63, 3.8) is 0 Å². The zero-order valence-electron chi connectivity index (χ0n) is 21.2. The van der Waals surface area contributed by atoms with E-state index in [2.05, 4.69) is 5.32 Å². The van der Waals surface area contributed by atoms with E-state index in [0.717, 1.165) is 21.9 Å². The van der Waals surface area contributed by atoms with E-state index in [1.165, 1.54) is 0 Å². The number of carbonyl (C=O) groups excluding carboxylic acids is 4. The predicted molar refractivity (Wildman–Crippen MR) is 138 cm³/mol. The topological polar surface area (TPSA) is 108 Å². The molecule has 0 saturated carbocycles. The maximum absolute atomic E-state index is 12.9. The van der Waals surface area contributed by atoms with Gasteiger partial charge in [-0.25, -0.2) is 4.79 Å². The first-order valence-electron chi connectivity index (χ1n) is 11.9. The highest BCUT2D eigenvalue weighted by molar-refractivity contribution is 5.93. The van der Waals surface area contributed by atoms with Crippen LogP contribution in [0.5, 0.6) is 0 Å². The molecule has 0 aliphatic carbocycles. The molecule has 3 aromatic carbocycles. The number of nitrogens with one attached hydrogen (secondary N) is 1. The summed E-state index contributed by atoms with van der Waals surface area (Å²) in [5, 5.41) is 4.30. The van der Waals surface area contributed by atoms with Gasteiger partial charge in [-0.3, -0.25) is 14.4 Å². The predicted octanol–water partition coefficient (Wildman–Crippen LogP) is 4.52. The fourth-order valence-corrected chi connectivity index (χ4v) is 3.61. The van der Waals surface area contributed by atoms with E-state index >= 15 is 0 Å². The number of fused-ring (bicyclic) bond motifs is 1. The van der Waals surface area contributed by atoms with Crippen LogP contribution in [0.15, 0.2) is 72.8 Å². The van der Waals surface area contributed by atoms with Gasteiger partial charge in [0, 0.05) is 0 Å². The van der Waals surface area contributed by atoms with E-state index < -0.39 is 48.5 Å². The van der Waals surface area contributed by atoms with Crippen molar-refractivity contribution in [2.24, 2.45) is 0 Å². The number of ketones is 1. The van der Waals surface area contributed by atoms with E-state index in [-0.39, 0.29) is 13.0 Å². The normalized spacial score (nSPS) is 11.9. The highest BCUT2D eigenvalue weighted by Crippen LogP contribution is 2.19. The third-order valence-electron chi connectivity index (χ3n) is 5.27. The molecule has 37 heavy (non-hydrogen) atoms. The minimum absolute atomic E-state index is 0.0138. The smallest absolute Gasteiger partial charge is 0.408 e. The lowest BCUT2D eigenvalue weighted by molar-refractivity contribution is -0.156. The molecule has 1 unspecified atom stereocenters. The van der Waals surface area contributed by atoms with Crippen molar-refractivity contribution in [3.8, 4) is 0 Å². The zero-order chi connectivity index (χ0) is 26.8. The molecule has 0 aliphatic rings. The molecule has 0 aliphatic heterocycles. The van der Waals surface area contributed by atoms with Crippen molar-refractivity contribution in [2.75, 3.05) is 6.61 Å². The first kappa shape index (κ1) is 27.4. The van der Waals surface area contributed by atoms with E-state index in [9.17, 15) is 19.2 Å². The van der Waals surface area contributed by atoms with Gasteiger partial charge in [-0.15, -0.1) is 0 Å². The third-order valence-corrected chi connectivity index (χ3v) is 5.27. The molecule has 0 spiro atoms. The molecule has 8 nitrogen and oxygen atoms in total. The Labute approximate surface area is 215 Å². The summed E-state index contributed by atoms with van der Waals surface area (Å²) in [6.07, 6.45) is -1.34. The number of hydrogen-bond acceptors (Lipinski definition) is 7. The highest BCUT2D eigenvalue weighted by Gasteiger charge is 2.28. The minimum Gasteiger partial charge on any atom is -0.460 e. The molecule has 0 heterocycles. The van der Waals surface area contributed by atoms with Crippen LogP contribution in [0.4, 0.5) is 4.79 Å². The number of amides is 1. The van der Waals surface area contributed by atoms with Crippen LogP contribution >= 0.6 is 0 Å². The molecule has 3 aromatic rings. The van der Waals surface area contributed by atoms with E-state index in [1.807, 2.05) is 48.5 Å². The highest BCUT2D eigenvalue weighted by atomic mass is 16.6. The number of hydrogen-bond donors (Lipinski definition) is 1. The quantitative estimate of drug-likeness (QED) is 0.319. The molecule has 8 heteroatoms. The Morgan fingerprint density at radius 3 is 2.22 bits per heavy atom. The number of carbonyl (C=O) groups is 4. The van der Waals surface area contributed by atoms with Gasteiger partial charge in [-0.05, 0) is 42.7 Å². The lowest BCUT2D eigenvalue weighted by Gasteiger charge is -2.22. The Kier molecular flexibility index (Phi) is 9.38. The summed E-state index contributed by atoms with van der Waals surface area (Å²) >= 11 is 0. The van der Waals surface area contributed by atoms with E-state index in [0.29, 0.717) is 0 Å². The van der Waals surface area contributed by atoms with Crippen molar-refractivity contribution in [3.05, 3.63) is 83.9 Å². The van der Waals surface area contributed by atoms with Crippen LogP contribution in [-0.2, 0) is 41.6 Å². The second kappa shape index (κ2) is 12.7. The minimum atomic E-state index is -1.29. The summed E-state index contributed by atoms with van der Waals surface area (Å²) in [6.45, 7) is 4.45. The fourth-order valence-electron chi connectivity index (χ4n) is 3.61. The molecule has 194 valence electrons. The lowest BCUT2D eigenvalue weighted by atomic mass is 10.0. The average molecular weight is 506 g/mol. The Bertz CT molecular complexity index is 1240. The summed E-state index contributed by atoms with van der Waals surface area (Å²) in [7, 11) is 0. The standard InChI is InChI=1S/C29H31NO7/c1-29(2,3)37-27(33)17-24(30-28(34)36-18-20-10-5-4-6-11-20)25(31)19-35-26(32)16-22-14-9-13-21-12-7-8-15-23(21)22/h4-15,24H,16-19H2,1-3H3,(H,30,34). The van der Waals surface area contributed by atoms with E-state index in [4.69, 9.17) is 14.2 Å². The second-order valence-electron chi connectivity index (χ2n) is 9.49. The van der Waals surface area contributed by atoms with Crippen LogP contribution in [0.1, 0.15) is 38.3 Å². The molecule has 0 saturated heterocycles. The van der Waals surface area contributed by atoms with Crippen molar-refractivity contribution in [1.29, 1.82) is 0 Å². The Morgan fingerprint density at radius 1 is 0.811 bits per heavy atom. The summed E-state index contributed by atoms with van der Waals surface area (Å²) in [4.78, 5) is 50.1. The van der Waals surface area contributed by atoms with Crippen molar-refractivity contribution in [1.82, 2.24) is 5.32 Å². The van der Waals surface area contributed by atoms with Gasteiger partial charge in [0.15, 0.2) is 12.4 Å². The number of esters is 2. The van der Waals surface area contributed by atoms with Crippen LogP contribution < -0.4 is 5.32 Å². The molecule has 0 aromatic heterocycles. The molecule has 0 fully saturated rings. The first-order chi connectivity index (χ1) is 17.6.